The molecule has 2 aliphatic carbocycles. The topological polar surface area (TPSA) is 209 Å². The molecule has 5 aliphatic rings. The monoisotopic (exact) mass is 927 g/mol. The van der Waals surface area contributed by atoms with E-state index in [1.54, 1.807) is 42.2 Å². The first-order valence-corrected chi connectivity index (χ1v) is 22.8. The zero-order chi connectivity index (χ0) is 47.7. The Balaban J connectivity index is 0.901. The number of aryl methyl sites for hydroxylation is 2. The van der Waals surface area contributed by atoms with Gasteiger partial charge in [0.25, 0.3) is 11.8 Å². The summed E-state index contributed by atoms with van der Waals surface area (Å²) in [6.07, 6.45) is 5.40. The molecule has 0 spiro atoms. The molecule has 1 saturated carbocycles. The average Bonchev–Trinajstić information content (AvgIpc) is 3.60. The van der Waals surface area contributed by atoms with Crippen molar-refractivity contribution in [3.05, 3.63) is 105 Å². The van der Waals surface area contributed by atoms with Crippen molar-refractivity contribution in [3.63, 3.8) is 0 Å². The normalized spacial score (nSPS) is 21.7. The van der Waals surface area contributed by atoms with E-state index < -0.39 is 47.0 Å². The molecule has 17 nitrogen and oxygen atoms in total. The van der Waals surface area contributed by atoms with Gasteiger partial charge in [-0.25, -0.2) is 23.0 Å². The molecule has 3 aromatic heterocycles. The number of anilines is 2. The van der Waals surface area contributed by atoms with Crippen LogP contribution in [0.2, 0.25) is 0 Å². The van der Waals surface area contributed by atoms with Crippen molar-refractivity contribution in [2.75, 3.05) is 29.9 Å². The Morgan fingerprint density at radius 3 is 2.51 bits per heavy atom. The maximum absolute atomic E-state index is 16.4. The number of benzene rings is 2. The zero-order valence-corrected chi connectivity index (χ0v) is 37.3. The number of allylic oxidation sites excluding steroid dienone is 1. The average molecular weight is 928 g/mol. The lowest BCUT2D eigenvalue weighted by Gasteiger charge is -2.40. The molecule has 2 atom stereocenters. The molecular weight excluding hydrogens is 881 g/mol. The maximum Gasteiger partial charge on any atom is 0.355 e. The van der Waals surface area contributed by atoms with Crippen molar-refractivity contribution < 1.29 is 42.0 Å². The van der Waals surface area contributed by atoms with E-state index in [1.807, 2.05) is 11.8 Å². The van der Waals surface area contributed by atoms with E-state index >= 15 is 8.78 Å². The van der Waals surface area contributed by atoms with Gasteiger partial charge in [-0.1, -0.05) is 18.7 Å². The summed E-state index contributed by atoms with van der Waals surface area (Å²) >= 11 is 0. The first-order valence-electron chi connectivity index (χ1n) is 22.8. The molecule has 2 bridgehead atoms. The van der Waals surface area contributed by atoms with Crippen molar-refractivity contribution in [3.8, 4) is 0 Å². The molecule has 10 rings (SSSR count). The number of aromatic nitrogens is 3. The molecule has 2 saturated heterocycles. The fraction of sp³-hybridized carbons (Fsp3) is 0.367. The molecule has 1 unspecified atom stereocenters. The predicted octanol–water partition coefficient (Wildman–Crippen LogP) is 5.17. The highest BCUT2D eigenvalue weighted by atomic mass is 19.1. The van der Waals surface area contributed by atoms with Gasteiger partial charge < -0.3 is 24.9 Å². The van der Waals surface area contributed by atoms with Crippen molar-refractivity contribution in [2.24, 2.45) is 5.92 Å². The Kier molecular flexibility index (Phi) is 11.2. The van der Waals surface area contributed by atoms with E-state index in [0.717, 1.165) is 4.90 Å². The van der Waals surface area contributed by atoms with Crippen LogP contribution in [0, 0.1) is 18.7 Å². The molecule has 6 amide bonds. The molecule has 3 fully saturated rings. The van der Waals surface area contributed by atoms with Crippen molar-refractivity contribution in [1.82, 2.24) is 34.8 Å². The Morgan fingerprint density at radius 2 is 1.76 bits per heavy atom. The number of piperidine rings is 1. The highest BCUT2D eigenvalue weighted by Gasteiger charge is 2.46. The number of nitrogens with zero attached hydrogens (tertiary/aromatic N) is 6. The minimum absolute atomic E-state index is 0.0180. The molecule has 2 aromatic carbocycles. The number of halogens is 2. The largest absolute Gasteiger partial charge is 0.459 e. The quantitative estimate of drug-likeness (QED) is 0.136. The van der Waals surface area contributed by atoms with Crippen molar-refractivity contribution in [1.29, 1.82) is 0 Å². The summed E-state index contributed by atoms with van der Waals surface area (Å²) in [5, 5.41) is 8.88. The van der Waals surface area contributed by atoms with Gasteiger partial charge in [0.1, 0.15) is 29.0 Å². The van der Waals surface area contributed by atoms with Gasteiger partial charge >= 0.3 is 5.69 Å². The van der Waals surface area contributed by atoms with Crippen LogP contribution in [-0.2, 0) is 32.1 Å². The van der Waals surface area contributed by atoms with Gasteiger partial charge in [-0.2, -0.15) is 4.98 Å². The molecule has 68 heavy (non-hydrogen) atoms. The van der Waals surface area contributed by atoms with Gasteiger partial charge in [0.15, 0.2) is 17.0 Å². The van der Waals surface area contributed by atoms with E-state index in [9.17, 15) is 33.6 Å². The van der Waals surface area contributed by atoms with Crippen LogP contribution in [0.5, 0.6) is 0 Å². The molecule has 6 heterocycles. The first kappa shape index (κ1) is 44.3. The fourth-order valence-electron chi connectivity index (χ4n) is 10.4. The Bertz CT molecular complexity index is 3190. The van der Waals surface area contributed by atoms with Crippen LogP contribution < -0.4 is 26.5 Å². The van der Waals surface area contributed by atoms with Gasteiger partial charge in [-0.15, -0.1) is 0 Å². The summed E-state index contributed by atoms with van der Waals surface area (Å²) < 4.78 is 40.0. The summed E-state index contributed by atoms with van der Waals surface area (Å²) in [6, 6.07) is 8.10. The lowest BCUT2D eigenvalue weighted by Crippen LogP contribution is -2.54. The second-order valence-corrected chi connectivity index (χ2v) is 18.1. The molecule has 350 valence electrons. The number of nitrogens with one attached hydrogen (secondary N) is 3. The van der Waals surface area contributed by atoms with E-state index in [4.69, 9.17) is 4.42 Å². The SMILES string of the molecule is C=CC(=O)N1CCN(c2nc(=O)n3c4nc(c(F)cc24)c2c(oc4cc(CNC(=O)C5CCC(Nc6cccc7c6C(=O)N(C6CCC(=O)NC6=O)C7=O)CC5)cc(C)c43)CCC=C2F)[C@@H](C)C1. The number of pyridine rings is 1. The molecule has 5 aromatic rings. The molecule has 3 N–H and O–H groups in total. The molecule has 3 aliphatic heterocycles. The number of fused-ring (bicyclic) bond motifs is 6. The summed E-state index contributed by atoms with van der Waals surface area (Å²) in [5.41, 5.74) is 1.30. The van der Waals surface area contributed by atoms with Gasteiger partial charge in [0, 0.05) is 62.7 Å². The van der Waals surface area contributed by atoms with Gasteiger partial charge in [0.05, 0.1) is 27.6 Å². The predicted molar refractivity (Wildman–Crippen MR) is 245 cm³/mol. The standard InChI is InChI=1S/C49H47F2N9O8/c1-4-38(62)57-17-18-58(25(3)23-57)43-30-21-32(51)41-40-31(50)8-6-10-35(40)68-36-20-26(19-24(2)42(36)60(44(30)55-41)49(67)56-43)22-52-45(63)27-11-13-28(14-12-27)53-33-9-5-7-29-39(33)48(66)59(47(29)65)34-15-16-37(61)54-46(34)64/h4-5,7-9,19-21,25,27-28,34,53H,1,6,10-18,22-23H2,2-3H3,(H,52,63)(H,54,61,64)/t25-,27?,28?,34?/m0/s1. The summed E-state index contributed by atoms with van der Waals surface area (Å²) in [7, 11) is 0. The van der Waals surface area contributed by atoms with Crippen LogP contribution in [0.25, 0.3) is 33.5 Å². The van der Waals surface area contributed by atoms with Crippen LogP contribution in [0.3, 0.4) is 0 Å². The summed E-state index contributed by atoms with van der Waals surface area (Å²) in [6.45, 7) is 8.23. The zero-order valence-electron chi connectivity index (χ0n) is 37.3. The van der Waals surface area contributed by atoms with Crippen LogP contribution in [0.15, 0.2) is 64.3 Å². The number of carbonyl (C=O) groups is 6. The Labute approximate surface area is 386 Å². The van der Waals surface area contributed by atoms with Crippen LogP contribution in [0.1, 0.15) is 95.0 Å². The minimum Gasteiger partial charge on any atom is -0.459 e. The van der Waals surface area contributed by atoms with E-state index in [2.05, 4.69) is 32.5 Å². The van der Waals surface area contributed by atoms with E-state index in [-0.39, 0.29) is 118 Å². The number of piperazine rings is 1. The lowest BCUT2D eigenvalue weighted by atomic mass is 9.85. The van der Waals surface area contributed by atoms with Gasteiger partial charge in [-0.3, -0.25) is 39.0 Å². The summed E-state index contributed by atoms with van der Waals surface area (Å²) in [5.74, 6) is -4.28. The number of imide groups is 2. The van der Waals surface area contributed by atoms with Crippen LogP contribution in [-0.4, -0.2) is 97.4 Å². The number of hydrogen-bond acceptors (Lipinski definition) is 12. The molecule has 0 radical (unpaired) electrons. The third-order valence-electron chi connectivity index (χ3n) is 13.8. The highest BCUT2D eigenvalue weighted by molar-refractivity contribution is 6.25. The number of amides is 6. The van der Waals surface area contributed by atoms with Crippen molar-refractivity contribution in [2.45, 2.75) is 89.9 Å². The smallest absolute Gasteiger partial charge is 0.355 e. The van der Waals surface area contributed by atoms with E-state index in [1.165, 1.54) is 22.6 Å². The van der Waals surface area contributed by atoms with Crippen molar-refractivity contribution >= 4 is 80.4 Å². The Morgan fingerprint density at radius 1 is 0.971 bits per heavy atom. The van der Waals surface area contributed by atoms with Gasteiger partial charge in [-0.05, 0) is 99.9 Å². The lowest BCUT2D eigenvalue weighted by molar-refractivity contribution is -0.136. The van der Waals surface area contributed by atoms with Crippen LogP contribution in [0.4, 0.5) is 20.3 Å². The maximum atomic E-state index is 16.4. The fourth-order valence-corrected chi connectivity index (χ4v) is 10.4. The third kappa shape index (κ3) is 7.58. The second kappa shape index (κ2) is 17.3. The second-order valence-electron chi connectivity index (χ2n) is 18.1. The Hall–Kier alpha value is -7.57. The summed E-state index contributed by atoms with van der Waals surface area (Å²) in [4.78, 5) is 105. The highest BCUT2D eigenvalue weighted by Crippen LogP contribution is 2.38. The third-order valence-corrected chi connectivity index (χ3v) is 13.8. The van der Waals surface area contributed by atoms with Crippen LogP contribution >= 0.6 is 0 Å². The minimum atomic E-state index is -1.08. The number of hydrogen-bond donors (Lipinski definition) is 3. The van der Waals surface area contributed by atoms with Gasteiger partial charge in [0.2, 0.25) is 23.6 Å². The number of rotatable bonds is 8. The molecular formula is C49H47F2N9O8. The molecule has 19 heteroatoms. The van der Waals surface area contributed by atoms with E-state index in [0.29, 0.717) is 62.1 Å². The number of carbonyl (C=O) groups excluding carboxylic acids is 6. The first-order chi connectivity index (χ1) is 32.7.